The first-order valence-electron chi connectivity index (χ1n) is 9.48. The van der Waals surface area contributed by atoms with Crippen molar-refractivity contribution < 1.29 is 22.8 Å². The Labute approximate surface area is 180 Å². The van der Waals surface area contributed by atoms with E-state index in [9.17, 15) is 14.7 Å². The number of rotatable bonds is 9. The summed E-state index contributed by atoms with van der Waals surface area (Å²) in [5, 5.41) is 15.7. The molecule has 10 heteroatoms. The van der Waals surface area contributed by atoms with E-state index in [4.69, 9.17) is 0 Å². The zero-order valence-corrected chi connectivity index (χ0v) is 17.8. The maximum atomic E-state index is 12.7. The van der Waals surface area contributed by atoms with E-state index in [0.29, 0.717) is 19.0 Å². The molecule has 0 amide bonds. The molecule has 0 saturated heterocycles. The quantitative estimate of drug-likeness (QED) is 0.299. The lowest BCUT2D eigenvalue weighted by Crippen LogP contribution is -3.00. The molecular formula is C20H27ClN6O3. The Morgan fingerprint density at radius 3 is 2.60 bits per heavy atom. The lowest BCUT2D eigenvalue weighted by Gasteiger charge is -2.14. The topological polar surface area (TPSA) is 111 Å². The highest BCUT2D eigenvalue weighted by atomic mass is 35.5. The number of hydrogen-bond donors (Lipinski definition) is 3. The normalized spacial score (nSPS) is 11.8. The number of hydrogen-bond acceptors (Lipinski definition) is 5. The summed E-state index contributed by atoms with van der Waals surface area (Å²) < 4.78 is 4.02. The molecule has 9 nitrogen and oxygen atoms in total. The van der Waals surface area contributed by atoms with Crippen LogP contribution in [0, 0.1) is 0 Å². The van der Waals surface area contributed by atoms with Crippen LogP contribution >= 0.6 is 0 Å². The van der Waals surface area contributed by atoms with Gasteiger partial charge in [0.2, 0.25) is 5.95 Å². The van der Waals surface area contributed by atoms with Crippen molar-refractivity contribution in [3.05, 3.63) is 69.4 Å². The molecular weight excluding hydrogens is 408 g/mol. The van der Waals surface area contributed by atoms with Gasteiger partial charge in [-0.1, -0.05) is 36.4 Å². The number of anilines is 1. The van der Waals surface area contributed by atoms with Gasteiger partial charge in [0.25, 0.3) is 5.56 Å². The van der Waals surface area contributed by atoms with E-state index in [1.165, 1.54) is 17.2 Å². The van der Waals surface area contributed by atoms with E-state index in [-0.39, 0.29) is 30.1 Å². The highest BCUT2D eigenvalue weighted by molar-refractivity contribution is 5.74. The number of nitrogens with two attached hydrogens (primary N) is 1. The van der Waals surface area contributed by atoms with Crippen LogP contribution in [0.5, 0.6) is 0 Å². The van der Waals surface area contributed by atoms with Gasteiger partial charge in [0.05, 0.1) is 6.54 Å². The van der Waals surface area contributed by atoms with E-state index in [1.807, 2.05) is 35.6 Å². The predicted molar refractivity (Wildman–Crippen MR) is 112 cm³/mol. The fourth-order valence-electron chi connectivity index (χ4n) is 3.26. The molecule has 30 heavy (non-hydrogen) atoms. The summed E-state index contributed by atoms with van der Waals surface area (Å²) in [7, 11) is 3.01. The van der Waals surface area contributed by atoms with Gasteiger partial charge < -0.3 is 32.7 Å². The maximum Gasteiger partial charge on any atom is 0.332 e. The summed E-state index contributed by atoms with van der Waals surface area (Å²) in [6.07, 6.45) is 0.965. The average Bonchev–Trinajstić information content (AvgIpc) is 3.08. The number of aliphatic hydroxyl groups is 1. The fourth-order valence-corrected chi connectivity index (χ4v) is 3.26. The first kappa shape index (κ1) is 23.4. The van der Waals surface area contributed by atoms with Crippen LogP contribution in [0.3, 0.4) is 0 Å². The van der Waals surface area contributed by atoms with Gasteiger partial charge in [0, 0.05) is 26.2 Å². The molecule has 1 aromatic carbocycles. The molecule has 0 aliphatic heterocycles. The van der Waals surface area contributed by atoms with Gasteiger partial charge in [-0.05, 0) is 0 Å². The van der Waals surface area contributed by atoms with Gasteiger partial charge in [-0.2, -0.15) is 4.98 Å². The number of imidazole rings is 1. The molecule has 2 aromatic heterocycles. The number of aromatic nitrogens is 4. The number of nitrogens with zero attached hydrogens (tertiary/aromatic N) is 4. The van der Waals surface area contributed by atoms with Gasteiger partial charge in [-0.3, -0.25) is 13.9 Å². The average molecular weight is 435 g/mol. The van der Waals surface area contributed by atoms with Crippen molar-refractivity contribution in [1.82, 2.24) is 18.7 Å². The predicted octanol–water partition coefficient (Wildman–Crippen LogP) is -3.84. The first-order valence-corrected chi connectivity index (χ1v) is 9.48. The van der Waals surface area contributed by atoms with E-state index < -0.39 is 17.4 Å². The molecule has 1 unspecified atom stereocenters. The SMILES string of the molecule is C=CCNc1nc2c(c(=O)n(C)c(=O)n2C)n1CC(O)C[NH2+]Cc1ccccc1.[Cl-]. The summed E-state index contributed by atoms with van der Waals surface area (Å²) in [6, 6.07) is 10.00. The zero-order chi connectivity index (χ0) is 21.0. The third-order valence-electron chi connectivity index (χ3n) is 4.81. The van der Waals surface area contributed by atoms with Gasteiger partial charge in [0.15, 0.2) is 11.2 Å². The van der Waals surface area contributed by atoms with Crippen LogP contribution in [-0.4, -0.2) is 43.0 Å². The van der Waals surface area contributed by atoms with Gasteiger partial charge >= 0.3 is 5.69 Å². The van der Waals surface area contributed by atoms with E-state index in [1.54, 1.807) is 17.7 Å². The van der Waals surface area contributed by atoms with Crippen molar-refractivity contribution in [2.75, 3.05) is 18.4 Å². The van der Waals surface area contributed by atoms with Crippen molar-refractivity contribution in [2.45, 2.75) is 19.2 Å². The lowest BCUT2D eigenvalue weighted by atomic mass is 10.2. The summed E-state index contributed by atoms with van der Waals surface area (Å²) in [6.45, 7) is 5.50. The number of halogens is 1. The molecule has 0 radical (unpaired) electrons. The standard InChI is InChI=1S/C20H26N6O3.ClH/c1-4-10-22-19-23-17-16(18(28)25(3)20(29)24(17)2)26(19)13-15(27)12-21-11-14-8-6-5-7-9-14;/h4-9,15,21,27H,1,10-13H2,2-3H3,(H,22,23);1H. The number of aryl methyl sites for hydroxylation is 1. The second kappa shape index (κ2) is 10.2. The molecule has 0 saturated carbocycles. The Bertz CT molecular complexity index is 1120. The second-order valence-corrected chi connectivity index (χ2v) is 6.96. The van der Waals surface area contributed by atoms with Crippen molar-refractivity contribution in [2.24, 2.45) is 14.1 Å². The largest absolute Gasteiger partial charge is 1.00 e. The van der Waals surface area contributed by atoms with Crippen LogP contribution in [0.1, 0.15) is 5.56 Å². The molecule has 4 N–H and O–H groups in total. The van der Waals surface area contributed by atoms with E-state index >= 15 is 0 Å². The Morgan fingerprint density at radius 1 is 1.23 bits per heavy atom. The van der Waals surface area contributed by atoms with Crippen LogP contribution in [0.25, 0.3) is 11.2 Å². The maximum absolute atomic E-state index is 12.7. The van der Waals surface area contributed by atoms with Gasteiger partial charge in [0.1, 0.15) is 19.2 Å². The van der Waals surface area contributed by atoms with Crippen LogP contribution < -0.4 is 34.3 Å². The fraction of sp³-hybridized carbons (Fsp3) is 0.350. The Kier molecular flexibility index (Phi) is 7.99. The Balaban J connectivity index is 0.00000320. The molecule has 3 aromatic rings. The van der Waals surface area contributed by atoms with Crippen LogP contribution in [0.4, 0.5) is 5.95 Å². The molecule has 0 bridgehead atoms. The molecule has 0 aliphatic rings. The monoisotopic (exact) mass is 434 g/mol. The Hall–Kier alpha value is -2.88. The minimum Gasteiger partial charge on any atom is -1.00 e. The van der Waals surface area contributed by atoms with Crippen LogP contribution in [0.2, 0.25) is 0 Å². The Morgan fingerprint density at radius 2 is 1.93 bits per heavy atom. The van der Waals surface area contributed by atoms with Crippen molar-refractivity contribution >= 4 is 17.1 Å². The molecule has 1 atom stereocenters. The van der Waals surface area contributed by atoms with Crippen molar-refractivity contribution in [3.8, 4) is 0 Å². The second-order valence-electron chi connectivity index (χ2n) is 6.96. The number of nitrogens with one attached hydrogen (secondary N) is 1. The molecule has 3 rings (SSSR count). The highest BCUT2D eigenvalue weighted by Gasteiger charge is 2.21. The summed E-state index contributed by atoms with van der Waals surface area (Å²) >= 11 is 0. The van der Waals surface area contributed by atoms with Gasteiger partial charge in [-0.15, -0.1) is 6.58 Å². The van der Waals surface area contributed by atoms with Crippen molar-refractivity contribution in [3.63, 3.8) is 0 Å². The zero-order valence-electron chi connectivity index (χ0n) is 17.1. The van der Waals surface area contributed by atoms with E-state index in [0.717, 1.165) is 11.1 Å². The molecule has 0 aliphatic carbocycles. The minimum atomic E-state index is -0.706. The summed E-state index contributed by atoms with van der Waals surface area (Å²) in [5.74, 6) is 0.417. The smallest absolute Gasteiger partial charge is 0.332 e. The number of benzene rings is 1. The summed E-state index contributed by atoms with van der Waals surface area (Å²) in [4.78, 5) is 29.4. The number of quaternary nitrogens is 1. The first-order chi connectivity index (χ1) is 13.9. The lowest BCUT2D eigenvalue weighted by molar-refractivity contribution is -0.676. The molecule has 0 fully saturated rings. The third-order valence-corrected chi connectivity index (χ3v) is 4.81. The molecule has 2 heterocycles. The highest BCUT2D eigenvalue weighted by Crippen LogP contribution is 2.16. The third kappa shape index (κ3) is 4.81. The molecule has 162 valence electrons. The van der Waals surface area contributed by atoms with Gasteiger partial charge in [-0.25, -0.2) is 4.79 Å². The van der Waals surface area contributed by atoms with Crippen LogP contribution in [-0.2, 0) is 27.2 Å². The van der Waals surface area contributed by atoms with Crippen molar-refractivity contribution in [1.29, 1.82) is 0 Å². The minimum absolute atomic E-state index is 0. The van der Waals surface area contributed by atoms with E-state index in [2.05, 4.69) is 16.9 Å². The molecule has 0 spiro atoms. The number of fused-ring (bicyclic) bond motifs is 1. The number of aliphatic hydroxyl groups excluding tert-OH is 1. The van der Waals surface area contributed by atoms with Crippen LogP contribution in [0.15, 0.2) is 52.6 Å². The summed E-state index contributed by atoms with van der Waals surface area (Å²) in [5.41, 5.74) is 0.847.